The molecule has 0 aliphatic heterocycles. The Balaban J connectivity index is 3.06. The summed E-state index contributed by atoms with van der Waals surface area (Å²) in [5, 5.41) is 0. The van der Waals surface area contributed by atoms with Crippen molar-refractivity contribution in [2.45, 2.75) is 27.2 Å². The summed E-state index contributed by atoms with van der Waals surface area (Å²) in [6.45, 7) is 9.97. The number of allylic oxidation sites excluding steroid dienone is 1. The fraction of sp³-hybridized carbons (Fsp3) is 0.364. The third kappa shape index (κ3) is 2.31. The smallest absolute Gasteiger partial charge is 0.136 e. The van der Waals surface area contributed by atoms with Crippen LogP contribution >= 0.6 is 0 Å². The lowest BCUT2D eigenvalue weighted by Gasteiger charge is -1.99. The van der Waals surface area contributed by atoms with E-state index in [1.165, 1.54) is 5.57 Å². The Morgan fingerprint density at radius 2 is 2.38 bits per heavy atom. The first-order valence-electron chi connectivity index (χ1n) is 4.52. The molecule has 0 amide bonds. The molecule has 1 aromatic rings. The van der Waals surface area contributed by atoms with Gasteiger partial charge in [0.25, 0.3) is 0 Å². The fourth-order valence-electron chi connectivity index (χ4n) is 1.12. The van der Waals surface area contributed by atoms with Crippen LogP contribution in [0.4, 0.5) is 0 Å². The number of imidazole rings is 1. The van der Waals surface area contributed by atoms with E-state index in [4.69, 9.17) is 0 Å². The van der Waals surface area contributed by atoms with Crippen molar-refractivity contribution in [2.75, 3.05) is 0 Å². The molecule has 0 N–H and O–H groups in total. The summed E-state index contributed by atoms with van der Waals surface area (Å²) < 4.78 is 2.02. The molecule has 0 atom stereocenters. The average Bonchev–Trinajstić information content (AvgIpc) is 2.46. The Morgan fingerprint density at radius 3 is 2.92 bits per heavy atom. The van der Waals surface area contributed by atoms with Gasteiger partial charge >= 0.3 is 0 Å². The molecule has 0 saturated carbocycles. The second-order valence-corrected chi connectivity index (χ2v) is 3.18. The van der Waals surface area contributed by atoms with Gasteiger partial charge in [-0.15, -0.1) is 0 Å². The molecule has 0 aliphatic rings. The van der Waals surface area contributed by atoms with Crippen LogP contribution in [-0.4, -0.2) is 9.55 Å². The van der Waals surface area contributed by atoms with Crippen LogP contribution in [0.1, 0.15) is 31.8 Å². The van der Waals surface area contributed by atoms with Crippen LogP contribution in [0.25, 0.3) is 12.3 Å². The van der Waals surface area contributed by atoms with Gasteiger partial charge in [0, 0.05) is 12.4 Å². The monoisotopic (exact) mass is 176 g/mol. The molecular formula is C11H16N2. The first kappa shape index (κ1) is 9.78. The van der Waals surface area contributed by atoms with E-state index in [-0.39, 0.29) is 0 Å². The Bertz CT molecular complexity index is 332. The molecule has 2 nitrogen and oxygen atoms in total. The summed E-state index contributed by atoms with van der Waals surface area (Å²) in [4.78, 5) is 4.32. The van der Waals surface area contributed by atoms with Crippen molar-refractivity contribution in [3.8, 4) is 0 Å². The number of hydrogen-bond donors (Lipinski definition) is 0. The van der Waals surface area contributed by atoms with Crippen molar-refractivity contribution >= 4 is 12.3 Å². The molecule has 70 valence electrons. The summed E-state index contributed by atoms with van der Waals surface area (Å²) in [7, 11) is 0. The highest BCUT2D eigenvalue weighted by molar-refractivity contribution is 5.44. The highest BCUT2D eigenvalue weighted by Crippen LogP contribution is 2.08. The number of hydrogen-bond acceptors (Lipinski definition) is 1. The first-order valence-corrected chi connectivity index (χ1v) is 4.52. The number of rotatable bonds is 3. The van der Waals surface area contributed by atoms with Gasteiger partial charge in [-0.3, -0.25) is 0 Å². The third-order valence-electron chi connectivity index (χ3n) is 1.98. The predicted octanol–water partition coefficient (Wildman–Crippen LogP) is 3.11. The lowest BCUT2D eigenvalue weighted by Crippen LogP contribution is -1.89. The van der Waals surface area contributed by atoms with Crippen molar-refractivity contribution in [1.29, 1.82) is 0 Å². The van der Waals surface area contributed by atoms with Crippen molar-refractivity contribution in [3.05, 3.63) is 29.9 Å². The number of aryl methyl sites for hydroxylation is 1. The zero-order chi connectivity index (χ0) is 9.84. The molecular weight excluding hydrogens is 160 g/mol. The van der Waals surface area contributed by atoms with E-state index in [2.05, 4.69) is 31.6 Å². The minimum Gasteiger partial charge on any atom is -0.307 e. The average molecular weight is 176 g/mol. The molecule has 0 unspecified atom stereocenters. The van der Waals surface area contributed by atoms with Gasteiger partial charge in [-0.25, -0.2) is 4.98 Å². The van der Waals surface area contributed by atoms with Crippen molar-refractivity contribution in [1.82, 2.24) is 9.55 Å². The molecule has 1 aromatic heterocycles. The first-order chi connectivity index (χ1) is 6.17. The summed E-state index contributed by atoms with van der Waals surface area (Å²) >= 11 is 0. The summed E-state index contributed by atoms with van der Waals surface area (Å²) in [5.41, 5.74) is 2.36. The molecule has 2 heteroatoms. The molecule has 1 rings (SSSR count). The lowest BCUT2D eigenvalue weighted by molar-refractivity contribution is 1.04. The molecule has 0 bridgehead atoms. The van der Waals surface area contributed by atoms with Gasteiger partial charge < -0.3 is 4.57 Å². The Labute approximate surface area is 79.6 Å². The largest absolute Gasteiger partial charge is 0.307 e. The van der Waals surface area contributed by atoms with Crippen LogP contribution in [0.15, 0.2) is 18.3 Å². The highest BCUT2D eigenvalue weighted by atomic mass is 15.0. The topological polar surface area (TPSA) is 17.8 Å². The van der Waals surface area contributed by atoms with Gasteiger partial charge in [0.05, 0.1) is 5.69 Å². The molecule has 0 aliphatic carbocycles. The maximum absolute atomic E-state index is 4.32. The van der Waals surface area contributed by atoms with Gasteiger partial charge in [-0.2, -0.15) is 0 Å². The second-order valence-electron chi connectivity index (χ2n) is 3.18. The molecule has 0 aromatic carbocycles. The summed E-state index contributed by atoms with van der Waals surface area (Å²) in [6, 6.07) is 0. The summed E-state index contributed by atoms with van der Waals surface area (Å²) in [6.07, 6.45) is 6.94. The standard InChI is InChI=1S/C11H16N2/c1-5-9(3)7-13-8-10(4)12-11(13)6-2/h6-8H,2,5H2,1,3-4H3/b9-7-. The fourth-order valence-corrected chi connectivity index (χ4v) is 1.12. The quantitative estimate of drug-likeness (QED) is 0.692. The molecule has 0 saturated heterocycles. The SMILES string of the molecule is C=Cc1nc(C)cn1/C=C(/C)CC. The van der Waals surface area contributed by atoms with E-state index in [1.807, 2.05) is 17.7 Å². The lowest BCUT2D eigenvalue weighted by atomic mass is 10.2. The van der Waals surface area contributed by atoms with Crippen LogP contribution in [0.5, 0.6) is 0 Å². The minimum atomic E-state index is 0.908. The highest BCUT2D eigenvalue weighted by Gasteiger charge is 1.98. The summed E-state index contributed by atoms with van der Waals surface area (Å²) in [5.74, 6) is 0.908. The molecule has 13 heavy (non-hydrogen) atoms. The molecule has 0 spiro atoms. The van der Waals surface area contributed by atoms with Crippen molar-refractivity contribution in [2.24, 2.45) is 0 Å². The van der Waals surface area contributed by atoms with Gasteiger partial charge in [0.2, 0.25) is 0 Å². The maximum Gasteiger partial charge on any atom is 0.136 e. The van der Waals surface area contributed by atoms with Crippen LogP contribution < -0.4 is 0 Å². The minimum absolute atomic E-state index is 0.908. The Hall–Kier alpha value is -1.31. The number of aromatic nitrogens is 2. The van der Waals surface area contributed by atoms with Crippen LogP contribution in [-0.2, 0) is 0 Å². The van der Waals surface area contributed by atoms with E-state index in [9.17, 15) is 0 Å². The molecule has 0 radical (unpaired) electrons. The normalized spacial score (nSPS) is 11.8. The third-order valence-corrected chi connectivity index (χ3v) is 1.98. The zero-order valence-electron chi connectivity index (χ0n) is 8.54. The van der Waals surface area contributed by atoms with E-state index in [1.54, 1.807) is 6.08 Å². The van der Waals surface area contributed by atoms with Crippen LogP contribution in [0.2, 0.25) is 0 Å². The number of nitrogens with zero attached hydrogens (tertiary/aromatic N) is 2. The van der Waals surface area contributed by atoms with Crippen molar-refractivity contribution < 1.29 is 0 Å². The van der Waals surface area contributed by atoms with Gasteiger partial charge in [0.15, 0.2) is 0 Å². The molecule has 1 heterocycles. The second kappa shape index (κ2) is 4.08. The van der Waals surface area contributed by atoms with Crippen LogP contribution in [0.3, 0.4) is 0 Å². The van der Waals surface area contributed by atoms with E-state index < -0.39 is 0 Å². The van der Waals surface area contributed by atoms with E-state index in [0.29, 0.717) is 0 Å². The predicted molar refractivity (Wildman–Crippen MR) is 57.3 cm³/mol. The van der Waals surface area contributed by atoms with Gasteiger partial charge in [-0.1, -0.05) is 19.1 Å². The van der Waals surface area contributed by atoms with E-state index >= 15 is 0 Å². The van der Waals surface area contributed by atoms with Gasteiger partial charge in [0.1, 0.15) is 5.82 Å². The van der Waals surface area contributed by atoms with Crippen LogP contribution in [0, 0.1) is 6.92 Å². The molecule has 0 fully saturated rings. The van der Waals surface area contributed by atoms with Crippen molar-refractivity contribution in [3.63, 3.8) is 0 Å². The van der Waals surface area contributed by atoms with Gasteiger partial charge in [-0.05, 0) is 26.3 Å². The Kier molecular flexibility index (Phi) is 3.07. The van der Waals surface area contributed by atoms with E-state index in [0.717, 1.165) is 17.9 Å². The Morgan fingerprint density at radius 1 is 1.69 bits per heavy atom. The zero-order valence-corrected chi connectivity index (χ0v) is 8.54. The maximum atomic E-state index is 4.32.